The third-order valence-electron chi connectivity index (χ3n) is 5.23. The average molecular weight is 369 g/mol. The van der Waals surface area contributed by atoms with Gasteiger partial charge in [-0.3, -0.25) is 0 Å². The number of hydrogen-bond donors (Lipinski definition) is 2. The summed E-state index contributed by atoms with van der Waals surface area (Å²) in [6.45, 7) is 2.55. The Labute approximate surface area is 164 Å². The van der Waals surface area contributed by atoms with E-state index in [-0.39, 0.29) is 6.10 Å². The zero-order chi connectivity index (χ0) is 19.1. The van der Waals surface area contributed by atoms with Gasteiger partial charge in [-0.25, -0.2) is 0 Å². The molecule has 156 valence electrons. The highest BCUT2D eigenvalue weighted by Crippen LogP contribution is 2.14. The predicted octanol–water partition coefficient (Wildman–Crippen LogP) is 7.33. The molecule has 26 heavy (non-hydrogen) atoms. The first-order valence-corrected chi connectivity index (χ1v) is 11.7. The molecule has 0 heterocycles. The third kappa shape index (κ3) is 21.7. The Kier molecular flexibility index (Phi) is 22.4. The molecule has 0 aromatic carbocycles. The van der Waals surface area contributed by atoms with Crippen LogP contribution in [0.3, 0.4) is 0 Å². The summed E-state index contributed by atoms with van der Waals surface area (Å²) < 4.78 is 0. The van der Waals surface area contributed by atoms with Crippen LogP contribution in [0.4, 0.5) is 0 Å². The van der Waals surface area contributed by atoms with Gasteiger partial charge in [-0.15, -0.1) is 0 Å². The van der Waals surface area contributed by atoms with Crippen LogP contribution in [0, 0.1) is 0 Å². The molecule has 0 bridgehead atoms. The number of rotatable bonds is 21. The van der Waals surface area contributed by atoms with Crippen molar-refractivity contribution in [1.29, 1.82) is 0 Å². The molecule has 1 atom stereocenters. The Hall–Kier alpha value is -0.340. The lowest BCUT2D eigenvalue weighted by Gasteiger charge is -2.07. The molecule has 0 rings (SSSR count). The fourth-order valence-electron chi connectivity index (χ4n) is 3.45. The van der Waals surface area contributed by atoms with Crippen molar-refractivity contribution < 1.29 is 10.2 Å². The first kappa shape index (κ1) is 25.7. The Morgan fingerprint density at radius 2 is 1.04 bits per heavy atom. The van der Waals surface area contributed by atoms with Crippen LogP contribution in [-0.2, 0) is 0 Å². The molecule has 0 aliphatic rings. The van der Waals surface area contributed by atoms with Gasteiger partial charge in [-0.05, 0) is 25.7 Å². The van der Waals surface area contributed by atoms with Gasteiger partial charge in [0.05, 0.1) is 6.10 Å². The van der Waals surface area contributed by atoms with Crippen LogP contribution in [0.15, 0.2) is 12.2 Å². The summed E-state index contributed by atoms with van der Waals surface area (Å²) in [5.74, 6) is 0. The summed E-state index contributed by atoms with van der Waals surface area (Å²) in [7, 11) is 0. The van der Waals surface area contributed by atoms with Crippen molar-refractivity contribution in [3.8, 4) is 0 Å². The van der Waals surface area contributed by atoms with Gasteiger partial charge in [-0.1, -0.05) is 115 Å². The number of hydrogen-bond acceptors (Lipinski definition) is 2. The molecule has 0 fully saturated rings. The van der Waals surface area contributed by atoms with E-state index in [1.807, 2.05) is 0 Å². The van der Waals surface area contributed by atoms with Gasteiger partial charge >= 0.3 is 0 Å². The Morgan fingerprint density at radius 1 is 0.615 bits per heavy atom. The molecule has 2 heteroatoms. The second-order valence-electron chi connectivity index (χ2n) is 7.97. The molecule has 0 aliphatic carbocycles. The van der Waals surface area contributed by atoms with E-state index in [9.17, 15) is 5.11 Å². The Bertz CT molecular complexity index is 275. The summed E-state index contributed by atoms with van der Waals surface area (Å²) in [6.07, 6.45) is 28.2. The van der Waals surface area contributed by atoms with Crippen molar-refractivity contribution in [3.05, 3.63) is 12.2 Å². The molecule has 0 spiro atoms. The molecular formula is C24H48O2. The molecule has 0 amide bonds. The fraction of sp³-hybridized carbons (Fsp3) is 0.917. The average Bonchev–Trinajstić information content (AvgIpc) is 2.65. The van der Waals surface area contributed by atoms with Crippen molar-refractivity contribution in [1.82, 2.24) is 0 Å². The predicted molar refractivity (Wildman–Crippen MR) is 116 cm³/mol. The van der Waals surface area contributed by atoms with E-state index in [0.717, 1.165) is 25.7 Å². The Morgan fingerprint density at radius 3 is 1.46 bits per heavy atom. The largest absolute Gasteiger partial charge is 0.396 e. The normalized spacial score (nSPS) is 12.9. The standard InChI is InChI=1S/C24H48O2/c1-2-3-4-18-21-24(26)22-19-16-14-12-10-8-6-5-7-9-11-13-15-17-20-23-25/h4,18,24-26H,2-3,5-17,19-23H2,1H3/t24-/m0/s1. The van der Waals surface area contributed by atoms with Crippen LogP contribution >= 0.6 is 0 Å². The summed E-state index contributed by atoms with van der Waals surface area (Å²) in [5, 5.41) is 18.6. The van der Waals surface area contributed by atoms with E-state index in [1.165, 1.54) is 96.3 Å². The van der Waals surface area contributed by atoms with Gasteiger partial charge in [0.1, 0.15) is 0 Å². The molecule has 0 radical (unpaired) electrons. The van der Waals surface area contributed by atoms with Crippen LogP contribution in [0.5, 0.6) is 0 Å². The molecule has 0 unspecified atom stereocenters. The fourth-order valence-corrected chi connectivity index (χ4v) is 3.45. The topological polar surface area (TPSA) is 40.5 Å². The van der Waals surface area contributed by atoms with Crippen LogP contribution in [0.1, 0.15) is 129 Å². The lowest BCUT2D eigenvalue weighted by atomic mass is 10.0. The first-order valence-electron chi connectivity index (χ1n) is 11.7. The maximum atomic E-state index is 9.90. The lowest BCUT2D eigenvalue weighted by molar-refractivity contribution is 0.163. The highest BCUT2D eigenvalue weighted by atomic mass is 16.3. The number of aliphatic hydroxyl groups excluding tert-OH is 2. The molecule has 0 aromatic heterocycles. The van der Waals surface area contributed by atoms with Gasteiger partial charge in [0.25, 0.3) is 0 Å². The minimum absolute atomic E-state index is 0.127. The van der Waals surface area contributed by atoms with Crippen molar-refractivity contribution >= 4 is 0 Å². The molecular weight excluding hydrogens is 320 g/mol. The minimum Gasteiger partial charge on any atom is -0.396 e. The summed E-state index contributed by atoms with van der Waals surface area (Å²) in [6, 6.07) is 0. The first-order chi connectivity index (χ1) is 12.8. The second kappa shape index (κ2) is 22.7. The van der Waals surface area contributed by atoms with Gasteiger partial charge in [-0.2, -0.15) is 0 Å². The van der Waals surface area contributed by atoms with E-state index in [1.54, 1.807) is 0 Å². The second-order valence-corrected chi connectivity index (χ2v) is 7.97. The highest BCUT2D eigenvalue weighted by Gasteiger charge is 2.01. The summed E-state index contributed by atoms with van der Waals surface area (Å²) in [4.78, 5) is 0. The summed E-state index contributed by atoms with van der Waals surface area (Å²) >= 11 is 0. The van der Waals surface area contributed by atoms with E-state index in [0.29, 0.717) is 6.61 Å². The minimum atomic E-state index is -0.127. The SMILES string of the molecule is CCCC=CC[C@H](O)CCCCCCCCCCCCCCCCCO. The van der Waals surface area contributed by atoms with Crippen molar-refractivity contribution in [3.63, 3.8) is 0 Å². The zero-order valence-electron chi connectivity index (χ0n) is 17.8. The van der Waals surface area contributed by atoms with Crippen LogP contribution in [0.25, 0.3) is 0 Å². The highest BCUT2D eigenvalue weighted by molar-refractivity contribution is 4.83. The van der Waals surface area contributed by atoms with Crippen LogP contribution < -0.4 is 0 Å². The van der Waals surface area contributed by atoms with Crippen molar-refractivity contribution in [2.75, 3.05) is 6.61 Å². The van der Waals surface area contributed by atoms with Gasteiger partial charge in [0.2, 0.25) is 0 Å². The number of unbranched alkanes of at least 4 members (excludes halogenated alkanes) is 15. The van der Waals surface area contributed by atoms with Crippen LogP contribution in [0.2, 0.25) is 0 Å². The molecule has 0 saturated heterocycles. The van der Waals surface area contributed by atoms with Crippen molar-refractivity contribution in [2.24, 2.45) is 0 Å². The van der Waals surface area contributed by atoms with Crippen LogP contribution in [-0.4, -0.2) is 22.9 Å². The van der Waals surface area contributed by atoms with E-state index in [4.69, 9.17) is 5.11 Å². The molecule has 0 aromatic rings. The lowest BCUT2D eigenvalue weighted by Crippen LogP contribution is -2.04. The molecule has 0 saturated carbocycles. The Balaban J connectivity index is 3.11. The van der Waals surface area contributed by atoms with Crippen molar-refractivity contribution in [2.45, 2.75) is 135 Å². The van der Waals surface area contributed by atoms with Gasteiger partial charge in [0, 0.05) is 6.61 Å². The maximum absolute atomic E-state index is 9.90. The number of allylic oxidation sites excluding steroid dienone is 1. The van der Waals surface area contributed by atoms with E-state index < -0.39 is 0 Å². The van der Waals surface area contributed by atoms with Gasteiger partial charge in [0.15, 0.2) is 0 Å². The molecule has 0 aliphatic heterocycles. The quantitative estimate of drug-likeness (QED) is 0.164. The van der Waals surface area contributed by atoms with E-state index in [2.05, 4.69) is 19.1 Å². The zero-order valence-corrected chi connectivity index (χ0v) is 17.8. The van der Waals surface area contributed by atoms with Gasteiger partial charge < -0.3 is 10.2 Å². The summed E-state index contributed by atoms with van der Waals surface area (Å²) in [5.41, 5.74) is 0. The van der Waals surface area contributed by atoms with E-state index >= 15 is 0 Å². The maximum Gasteiger partial charge on any atom is 0.0574 e. The molecule has 2 nitrogen and oxygen atoms in total. The number of aliphatic hydroxyl groups is 2. The third-order valence-corrected chi connectivity index (χ3v) is 5.23. The monoisotopic (exact) mass is 368 g/mol. The molecule has 2 N–H and O–H groups in total. The smallest absolute Gasteiger partial charge is 0.0574 e.